The molecule has 7 nitrogen and oxygen atoms in total. The van der Waals surface area contributed by atoms with E-state index in [4.69, 9.17) is 14.9 Å². The Hall–Kier alpha value is -2.10. The number of nitrogens with zero attached hydrogens (tertiary/aromatic N) is 3. The van der Waals surface area contributed by atoms with Gasteiger partial charge in [0.1, 0.15) is 6.10 Å². The molecule has 1 aliphatic rings. The summed E-state index contributed by atoms with van der Waals surface area (Å²) in [6.45, 7) is -0.187. The summed E-state index contributed by atoms with van der Waals surface area (Å²) in [5.74, 6) is -1.66. The molecule has 0 saturated carbocycles. The van der Waals surface area contributed by atoms with Gasteiger partial charge in [-0.1, -0.05) is 0 Å². The van der Waals surface area contributed by atoms with Crippen molar-refractivity contribution in [1.82, 2.24) is 14.9 Å². The topological polar surface area (TPSA) is 95.8 Å². The van der Waals surface area contributed by atoms with Gasteiger partial charge in [-0.2, -0.15) is 18.2 Å². The molecule has 0 aliphatic carbocycles. The highest BCUT2D eigenvalue weighted by atomic mass is 19.4. The molecule has 1 amide bonds. The van der Waals surface area contributed by atoms with Gasteiger partial charge in [0.2, 0.25) is 11.7 Å². The average Bonchev–Trinajstić information content (AvgIpc) is 2.46. The molecule has 0 spiro atoms. The third-order valence-electron chi connectivity index (χ3n) is 3.17. The predicted octanol–water partition coefficient (Wildman–Crippen LogP) is 1.51. The van der Waals surface area contributed by atoms with E-state index in [-0.39, 0.29) is 24.7 Å². The van der Waals surface area contributed by atoms with Crippen molar-refractivity contribution in [3.05, 3.63) is 17.6 Å². The van der Waals surface area contributed by atoms with Crippen LogP contribution in [0.15, 0.2) is 6.07 Å². The summed E-state index contributed by atoms with van der Waals surface area (Å²) in [5.41, 5.74) is -0.194. The fraction of sp³-hybridized carbons (Fsp3) is 0.583. The van der Waals surface area contributed by atoms with Crippen molar-refractivity contribution in [3.63, 3.8) is 0 Å². The predicted molar refractivity (Wildman–Crippen MR) is 66.2 cm³/mol. The Morgan fingerprint density at radius 1 is 1.36 bits per heavy atom. The van der Waals surface area contributed by atoms with Gasteiger partial charge < -0.3 is 19.8 Å². The molecular weight excluding hydrogens is 307 g/mol. The highest BCUT2D eigenvalue weighted by Crippen LogP contribution is 2.28. The van der Waals surface area contributed by atoms with Crippen LogP contribution in [0.2, 0.25) is 0 Å². The van der Waals surface area contributed by atoms with E-state index in [2.05, 4.69) is 9.97 Å². The van der Waals surface area contributed by atoms with E-state index in [9.17, 15) is 18.0 Å². The van der Waals surface area contributed by atoms with Crippen LogP contribution in [0.3, 0.4) is 0 Å². The van der Waals surface area contributed by atoms with E-state index in [0.717, 1.165) is 6.07 Å². The minimum absolute atomic E-state index is 0.194. The summed E-state index contributed by atoms with van der Waals surface area (Å²) < 4.78 is 43.4. The van der Waals surface area contributed by atoms with Crippen LogP contribution in [0.25, 0.3) is 0 Å². The molecule has 0 unspecified atom stereocenters. The van der Waals surface area contributed by atoms with Crippen LogP contribution in [0.1, 0.15) is 24.4 Å². The first-order valence-corrected chi connectivity index (χ1v) is 6.50. The van der Waals surface area contributed by atoms with Gasteiger partial charge in [-0.15, -0.1) is 0 Å². The first-order valence-electron chi connectivity index (χ1n) is 6.50. The maximum absolute atomic E-state index is 12.7. The number of aliphatic hydroxyl groups excluding tert-OH is 1. The number of carbonyl (C=O) groups is 1. The average molecular weight is 321 g/mol. The van der Waals surface area contributed by atoms with Gasteiger partial charge in [-0.05, 0) is 0 Å². The van der Waals surface area contributed by atoms with E-state index in [1.54, 1.807) is 0 Å². The number of amides is 1. The minimum Gasteiger partial charge on any atom is -0.474 e. The molecule has 1 saturated heterocycles. The number of piperidine rings is 1. The number of likely N-dealkylation sites (tertiary alicyclic amines) is 1. The number of alkyl halides is 3. The van der Waals surface area contributed by atoms with Crippen LogP contribution >= 0.6 is 0 Å². The number of aromatic nitrogens is 2. The lowest BCUT2D eigenvalue weighted by Gasteiger charge is -2.30. The van der Waals surface area contributed by atoms with Crippen molar-refractivity contribution < 1.29 is 32.9 Å². The molecule has 1 aliphatic heterocycles. The van der Waals surface area contributed by atoms with Crippen LogP contribution in [0.4, 0.5) is 18.0 Å². The summed E-state index contributed by atoms with van der Waals surface area (Å²) in [6.07, 6.45) is -5.51. The van der Waals surface area contributed by atoms with Crippen molar-refractivity contribution in [3.8, 4) is 5.88 Å². The lowest BCUT2D eigenvalue weighted by molar-refractivity contribution is -0.145. The van der Waals surface area contributed by atoms with Crippen molar-refractivity contribution in [2.75, 3.05) is 13.1 Å². The zero-order valence-electron chi connectivity index (χ0n) is 11.4. The van der Waals surface area contributed by atoms with E-state index in [0.29, 0.717) is 12.8 Å². The highest BCUT2D eigenvalue weighted by Gasteiger charge is 2.36. The molecule has 2 N–H and O–H groups in total. The Labute approximate surface area is 123 Å². The van der Waals surface area contributed by atoms with Crippen LogP contribution in [0, 0.1) is 0 Å². The lowest BCUT2D eigenvalue weighted by atomic mass is 10.1. The Morgan fingerprint density at radius 2 is 2.00 bits per heavy atom. The second-order valence-electron chi connectivity index (χ2n) is 4.76. The van der Waals surface area contributed by atoms with Crippen LogP contribution in [-0.4, -0.2) is 50.4 Å². The van der Waals surface area contributed by atoms with Crippen LogP contribution in [0.5, 0.6) is 5.88 Å². The maximum atomic E-state index is 12.7. The van der Waals surface area contributed by atoms with Gasteiger partial charge in [0, 0.05) is 32.0 Å². The quantitative estimate of drug-likeness (QED) is 0.876. The molecule has 0 radical (unpaired) electrons. The summed E-state index contributed by atoms with van der Waals surface area (Å²) in [5, 5.41) is 17.8. The van der Waals surface area contributed by atoms with Crippen molar-refractivity contribution >= 4 is 6.09 Å². The minimum atomic E-state index is -4.74. The molecule has 0 bridgehead atoms. The van der Waals surface area contributed by atoms with Crippen LogP contribution < -0.4 is 4.74 Å². The molecule has 0 aromatic carbocycles. The molecule has 122 valence electrons. The highest BCUT2D eigenvalue weighted by molar-refractivity contribution is 5.65. The fourth-order valence-corrected chi connectivity index (χ4v) is 2.08. The van der Waals surface area contributed by atoms with E-state index in [1.807, 2.05) is 0 Å². The van der Waals surface area contributed by atoms with Gasteiger partial charge in [0.05, 0.1) is 12.3 Å². The van der Waals surface area contributed by atoms with Crippen LogP contribution in [-0.2, 0) is 12.8 Å². The second-order valence-corrected chi connectivity index (χ2v) is 4.76. The monoisotopic (exact) mass is 321 g/mol. The largest absolute Gasteiger partial charge is 0.474 e. The SMILES string of the molecule is O=C(O)N1CCC(Oc2cc(CO)nc(C(F)(F)F)n2)CC1. The number of halogens is 3. The summed E-state index contributed by atoms with van der Waals surface area (Å²) in [6, 6.07) is 1.14. The number of rotatable bonds is 3. The van der Waals surface area contributed by atoms with Gasteiger partial charge in [-0.25, -0.2) is 9.78 Å². The second kappa shape index (κ2) is 6.34. The fourth-order valence-electron chi connectivity index (χ4n) is 2.08. The van der Waals surface area contributed by atoms with Gasteiger partial charge in [0.15, 0.2) is 0 Å². The van der Waals surface area contributed by atoms with Crippen molar-refractivity contribution in [2.24, 2.45) is 0 Å². The molecule has 10 heteroatoms. The summed E-state index contributed by atoms with van der Waals surface area (Å²) >= 11 is 0. The van der Waals surface area contributed by atoms with Crippen molar-refractivity contribution in [2.45, 2.75) is 31.7 Å². The number of hydrogen-bond acceptors (Lipinski definition) is 5. The Bertz CT molecular complexity index is 545. The standard InChI is InChI=1S/C12H14F3N3O4/c13-12(14,15)10-16-7(6-19)5-9(17-10)22-8-1-3-18(4-2-8)11(20)21/h5,8,19H,1-4,6H2,(H,20,21). The molecule has 2 heterocycles. The number of ether oxygens (including phenoxy) is 1. The number of aliphatic hydroxyl groups is 1. The summed E-state index contributed by atoms with van der Waals surface area (Å²) in [7, 11) is 0. The van der Waals surface area contributed by atoms with Gasteiger partial charge in [0.25, 0.3) is 0 Å². The molecular formula is C12H14F3N3O4. The first kappa shape index (κ1) is 16.3. The molecule has 22 heavy (non-hydrogen) atoms. The third kappa shape index (κ3) is 3.97. The number of carboxylic acid groups (broad SMARTS) is 1. The number of hydrogen-bond donors (Lipinski definition) is 2. The zero-order chi connectivity index (χ0) is 16.3. The van der Waals surface area contributed by atoms with E-state index in [1.165, 1.54) is 4.90 Å². The van der Waals surface area contributed by atoms with E-state index >= 15 is 0 Å². The lowest BCUT2D eigenvalue weighted by Crippen LogP contribution is -2.41. The molecule has 1 aromatic heterocycles. The van der Waals surface area contributed by atoms with Crippen molar-refractivity contribution in [1.29, 1.82) is 0 Å². The Morgan fingerprint density at radius 3 is 2.50 bits per heavy atom. The molecule has 1 fully saturated rings. The molecule has 2 rings (SSSR count). The summed E-state index contributed by atoms with van der Waals surface area (Å²) in [4.78, 5) is 18.5. The normalized spacial score (nSPS) is 16.6. The third-order valence-corrected chi connectivity index (χ3v) is 3.17. The molecule has 0 atom stereocenters. The molecule has 1 aromatic rings. The zero-order valence-corrected chi connectivity index (χ0v) is 11.4. The van der Waals surface area contributed by atoms with E-state index < -0.39 is 30.8 Å². The van der Waals surface area contributed by atoms with Gasteiger partial charge in [-0.3, -0.25) is 0 Å². The van der Waals surface area contributed by atoms with Gasteiger partial charge >= 0.3 is 12.3 Å². The Balaban J connectivity index is 2.08. The first-order chi connectivity index (χ1) is 10.3. The Kier molecular flexibility index (Phi) is 4.69. The smallest absolute Gasteiger partial charge is 0.451 e. The maximum Gasteiger partial charge on any atom is 0.451 e.